The number of carboxylic acid groups (broad SMARTS) is 1. The largest absolute Gasteiger partial charge is 0.496 e. The second-order valence-corrected chi connectivity index (χ2v) is 6.88. The maximum Gasteiger partial charge on any atom is 0.303 e. The number of carbonyl (C=O) groups is 2. The van der Waals surface area contributed by atoms with Gasteiger partial charge in [0.05, 0.1) is 42.2 Å². The van der Waals surface area contributed by atoms with E-state index in [1.165, 1.54) is 5.01 Å². The average Bonchev–Trinajstić information content (AvgIpc) is 3.22. The van der Waals surface area contributed by atoms with Crippen LogP contribution in [0.4, 0.5) is 0 Å². The first-order valence-corrected chi connectivity index (χ1v) is 9.53. The molecule has 1 amide bonds. The molecule has 0 aliphatic carbocycles. The summed E-state index contributed by atoms with van der Waals surface area (Å²) in [6, 6.07) is 14.5. The summed E-state index contributed by atoms with van der Waals surface area (Å²) < 4.78 is 5.44. The van der Waals surface area contributed by atoms with E-state index in [0.717, 1.165) is 16.6 Å². The zero-order valence-corrected chi connectivity index (χ0v) is 16.4. The van der Waals surface area contributed by atoms with E-state index in [9.17, 15) is 9.59 Å². The summed E-state index contributed by atoms with van der Waals surface area (Å²) in [4.78, 5) is 32.9. The molecule has 152 valence electrons. The summed E-state index contributed by atoms with van der Waals surface area (Å²) >= 11 is 0. The van der Waals surface area contributed by atoms with Gasteiger partial charge >= 0.3 is 5.97 Å². The van der Waals surface area contributed by atoms with E-state index in [1.54, 1.807) is 13.3 Å². The maximum absolute atomic E-state index is 12.8. The van der Waals surface area contributed by atoms with Crippen LogP contribution in [0.1, 0.15) is 36.6 Å². The number of carboxylic acids is 1. The van der Waals surface area contributed by atoms with Crippen LogP contribution in [0.3, 0.4) is 0 Å². The number of ether oxygens (including phenoxy) is 1. The molecule has 1 aliphatic rings. The average molecular weight is 404 g/mol. The molecule has 0 bridgehead atoms. The second-order valence-electron chi connectivity index (χ2n) is 6.88. The second kappa shape index (κ2) is 8.28. The fourth-order valence-electron chi connectivity index (χ4n) is 3.48. The van der Waals surface area contributed by atoms with Gasteiger partial charge in [0.2, 0.25) is 5.91 Å². The highest BCUT2D eigenvalue weighted by Gasteiger charge is 2.35. The van der Waals surface area contributed by atoms with Crippen molar-refractivity contribution in [2.45, 2.75) is 25.3 Å². The number of hydrogen-bond acceptors (Lipinski definition) is 6. The van der Waals surface area contributed by atoms with Gasteiger partial charge in [-0.3, -0.25) is 14.6 Å². The van der Waals surface area contributed by atoms with E-state index in [4.69, 9.17) is 9.84 Å². The van der Waals surface area contributed by atoms with Crippen LogP contribution in [0.5, 0.6) is 5.75 Å². The molecule has 4 rings (SSSR count). The predicted molar refractivity (Wildman–Crippen MR) is 110 cm³/mol. The molecular weight excluding hydrogens is 384 g/mol. The summed E-state index contributed by atoms with van der Waals surface area (Å²) in [6.07, 6.45) is 1.66. The summed E-state index contributed by atoms with van der Waals surface area (Å²) in [7, 11) is 1.58. The number of methoxy groups -OCH3 is 1. The van der Waals surface area contributed by atoms with Gasteiger partial charge in [0.15, 0.2) is 0 Å². The zero-order chi connectivity index (χ0) is 21.1. The van der Waals surface area contributed by atoms with Crippen molar-refractivity contribution in [1.82, 2.24) is 15.0 Å². The minimum Gasteiger partial charge on any atom is -0.496 e. The molecular formula is C22H20N4O4. The Kier molecular flexibility index (Phi) is 5.38. The molecule has 1 N–H and O–H groups in total. The highest BCUT2D eigenvalue weighted by molar-refractivity contribution is 6.05. The molecule has 8 nitrogen and oxygen atoms in total. The Morgan fingerprint density at radius 3 is 2.60 bits per heavy atom. The summed E-state index contributed by atoms with van der Waals surface area (Å²) in [5.74, 6) is -0.750. The molecule has 0 saturated heterocycles. The van der Waals surface area contributed by atoms with Crippen LogP contribution in [-0.4, -0.2) is 44.8 Å². The van der Waals surface area contributed by atoms with Crippen molar-refractivity contribution in [2.24, 2.45) is 5.10 Å². The normalized spacial score (nSPS) is 15.8. The Morgan fingerprint density at radius 2 is 1.83 bits per heavy atom. The monoisotopic (exact) mass is 404 g/mol. The minimum atomic E-state index is -1.03. The molecule has 2 aromatic carbocycles. The minimum absolute atomic E-state index is 0.143. The van der Waals surface area contributed by atoms with Crippen molar-refractivity contribution in [3.63, 3.8) is 0 Å². The topological polar surface area (TPSA) is 105 Å². The lowest BCUT2D eigenvalue weighted by Crippen LogP contribution is -2.28. The van der Waals surface area contributed by atoms with Crippen molar-refractivity contribution in [3.8, 4) is 5.75 Å². The van der Waals surface area contributed by atoms with Crippen molar-refractivity contribution in [2.75, 3.05) is 7.11 Å². The number of nitrogens with zero attached hydrogens (tertiary/aromatic N) is 4. The van der Waals surface area contributed by atoms with Gasteiger partial charge in [0.1, 0.15) is 11.8 Å². The summed E-state index contributed by atoms with van der Waals surface area (Å²) in [5.41, 5.74) is 3.54. The number of rotatable bonds is 6. The molecule has 30 heavy (non-hydrogen) atoms. The number of para-hydroxylation sites is 3. The van der Waals surface area contributed by atoms with Crippen molar-refractivity contribution in [3.05, 3.63) is 66.0 Å². The van der Waals surface area contributed by atoms with Gasteiger partial charge in [0, 0.05) is 18.4 Å². The first-order valence-electron chi connectivity index (χ1n) is 9.53. The highest BCUT2D eigenvalue weighted by Crippen LogP contribution is 2.35. The van der Waals surface area contributed by atoms with Crippen LogP contribution in [0.25, 0.3) is 11.0 Å². The molecule has 1 atom stereocenters. The maximum atomic E-state index is 12.8. The van der Waals surface area contributed by atoms with Crippen LogP contribution < -0.4 is 4.74 Å². The number of amides is 1. The van der Waals surface area contributed by atoms with Crippen LogP contribution in [0.2, 0.25) is 0 Å². The van der Waals surface area contributed by atoms with E-state index in [0.29, 0.717) is 23.6 Å². The van der Waals surface area contributed by atoms with Gasteiger partial charge in [-0.05, 0) is 24.3 Å². The van der Waals surface area contributed by atoms with Gasteiger partial charge in [0.25, 0.3) is 0 Å². The number of hydrogen-bond donors (Lipinski definition) is 1. The van der Waals surface area contributed by atoms with E-state index in [1.807, 2.05) is 48.5 Å². The van der Waals surface area contributed by atoms with Crippen molar-refractivity contribution < 1.29 is 19.4 Å². The summed E-state index contributed by atoms with van der Waals surface area (Å²) in [5, 5.41) is 14.8. The molecule has 8 heteroatoms. The van der Waals surface area contributed by atoms with E-state index >= 15 is 0 Å². The Morgan fingerprint density at radius 1 is 1.10 bits per heavy atom. The molecule has 0 spiro atoms. The fraction of sp³-hybridized carbons (Fsp3) is 0.227. The Bertz CT molecular complexity index is 1140. The third kappa shape index (κ3) is 3.84. The first kappa shape index (κ1) is 19.5. The molecule has 3 aromatic rings. The molecule has 1 aromatic heterocycles. The Hall–Kier alpha value is -3.81. The number of fused-ring (bicyclic) bond motifs is 1. The molecule has 1 aliphatic heterocycles. The number of aliphatic carboxylic acids is 1. The van der Waals surface area contributed by atoms with Crippen LogP contribution in [-0.2, 0) is 9.59 Å². The Labute approximate surface area is 172 Å². The molecule has 0 unspecified atom stereocenters. The molecule has 0 fully saturated rings. The molecule has 0 saturated carbocycles. The smallest absolute Gasteiger partial charge is 0.303 e. The summed E-state index contributed by atoms with van der Waals surface area (Å²) in [6.45, 7) is 0. The van der Waals surface area contributed by atoms with E-state index in [-0.39, 0.29) is 18.7 Å². The van der Waals surface area contributed by atoms with Crippen LogP contribution >= 0.6 is 0 Å². The third-order valence-electron chi connectivity index (χ3n) is 4.95. The lowest BCUT2D eigenvalue weighted by Gasteiger charge is -2.21. The lowest BCUT2D eigenvalue weighted by molar-refractivity contribution is -0.141. The quantitative estimate of drug-likeness (QED) is 0.677. The van der Waals surface area contributed by atoms with Gasteiger partial charge in [-0.2, -0.15) is 5.10 Å². The lowest BCUT2D eigenvalue weighted by atomic mass is 10.0. The zero-order valence-electron chi connectivity index (χ0n) is 16.4. The highest BCUT2D eigenvalue weighted by atomic mass is 16.5. The van der Waals surface area contributed by atoms with Crippen LogP contribution in [0.15, 0.2) is 59.8 Å². The molecule has 0 radical (unpaired) electrons. The van der Waals surface area contributed by atoms with E-state index in [2.05, 4.69) is 15.1 Å². The van der Waals surface area contributed by atoms with Gasteiger partial charge < -0.3 is 9.84 Å². The third-order valence-corrected chi connectivity index (χ3v) is 4.95. The fourth-order valence-corrected chi connectivity index (χ4v) is 3.48. The first-order chi connectivity index (χ1) is 14.6. The Balaban J connectivity index is 1.72. The SMILES string of the molecule is COc1ccccc1C1=NN(C(=O)CCC(=O)O)[C@H](c2cnc3ccccc3n2)C1. The molecule has 2 heterocycles. The van der Waals surface area contributed by atoms with Crippen LogP contribution in [0, 0.1) is 0 Å². The number of benzene rings is 2. The predicted octanol–water partition coefficient (Wildman–Crippen LogP) is 3.18. The van der Waals surface area contributed by atoms with Gasteiger partial charge in [-0.1, -0.05) is 24.3 Å². The van der Waals surface area contributed by atoms with Crippen molar-refractivity contribution in [1.29, 1.82) is 0 Å². The van der Waals surface area contributed by atoms with E-state index < -0.39 is 12.0 Å². The van der Waals surface area contributed by atoms with Gasteiger partial charge in [-0.15, -0.1) is 0 Å². The number of hydrazone groups is 1. The standard InChI is InChI=1S/C22H20N4O4/c1-30-20-9-5-2-6-14(20)17-12-19(26(25-17)21(27)10-11-22(28)29)18-13-23-15-7-3-4-8-16(15)24-18/h2-9,13,19H,10-12H2,1H3,(H,28,29)/t19-/m0/s1. The number of aromatic nitrogens is 2. The van der Waals surface area contributed by atoms with Crippen molar-refractivity contribution >= 4 is 28.6 Å². The van der Waals surface area contributed by atoms with Gasteiger partial charge in [-0.25, -0.2) is 9.99 Å². The number of carbonyl (C=O) groups excluding carboxylic acids is 1.